The van der Waals surface area contributed by atoms with Crippen LogP contribution in [0.1, 0.15) is 24.2 Å². The average molecular weight is 455 g/mol. The SMILES string of the molecule is Cc1nc2cc3ccccc3cc2c(=O)n1C1(C(=O)OCc2ccccc2)CCC(=O)NC1=O. The van der Waals surface area contributed by atoms with Crippen LogP contribution in [-0.2, 0) is 31.3 Å². The predicted octanol–water partition coefficient (Wildman–Crippen LogP) is 2.73. The molecule has 8 nitrogen and oxygen atoms in total. The monoisotopic (exact) mass is 455 g/mol. The minimum Gasteiger partial charge on any atom is -0.459 e. The molecular weight excluding hydrogens is 434 g/mol. The molecule has 4 aromatic rings. The number of carbonyl (C=O) groups is 3. The van der Waals surface area contributed by atoms with Crippen molar-refractivity contribution < 1.29 is 19.1 Å². The number of imide groups is 1. The van der Waals surface area contributed by atoms with E-state index in [1.807, 2.05) is 30.3 Å². The van der Waals surface area contributed by atoms with E-state index in [0.717, 1.165) is 20.9 Å². The second kappa shape index (κ2) is 8.22. The summed E-state index contributed by atoms with van der Waals surface area (Å²) >= 11 is 0. The molecule has 0 bridgehead atoms. The van der Waals surface area contributed by atoms with E-state index >= 15 is 0 Å². The van der Waals surface area contributed by atoms with Crippen molar-refractivity contribution in [1.29, 1.82) is 0 Å². The maximum Gasteiger partial charge on any atom is 0.342 e. The molecule has 34 heavy (non-hydrogen) atoms. The van der Waals surface area contributed by atoms with Gasteiger partial charge in [-0.1, -0.05) is 54.6 Å². The molecule has 170 valence electrons. The molecule has 1 saturated heterocycles. The number of esters is 1. The highest BCUT2D eigenvalue weighted by atomic mass is 16.5. The minimum absolute atomic E-state index is 0.0813. The van der Waals surface area contributed by atoms with Crippen molar-refractivity contribution in [2.75, 3.05) is 0 Å². The highest BCUT2D eigenvalue weighted by Crippen LogP contribution is 2.30. The third-order valence-electron chi connectivity index (χ3n) is 6.18. The first-order chi connectivity index (χ1) is 16.4. The van der Waals surface area contributed by atoms with Gasteiger partial charge in [0.2, 0.25) is 11.4 Å². The Morgan fingerprint density at radius 1 is 1.03 bits per heavy atom. The molecule has 0 spiro atoms. The van der Waals surface area contributed by atoms with E-state index in [0.29, 0.717) is 5.52 Å². The Hall–Kier alpha value is -4.33. The number of benzene rings is 3. The van der Waals surface area contributed by atoms with Crippen molar-refractivity contribution in [3.05, 3.63) is 88.5 Å². The highest BCUT2D eigenvalue weighted by Gasteiger charge is 2.54. The van der Waals surface area contributed by atoms with Gasteiger partial charge in [-0.15, -0.1) is 0 Å². The van der Waals surface area contributed by atoms with E-state index in [1.54, 1.807) is 43.3 Å². The number of aromatic nitrogens is 2. The summed E-state index contributed by atoms with van der Waals surface area (Å²) in [6.07, 6.45) is -0.319. The normalized spacial score (nSPS) is 18.1. The number of amides is 2. The molecule has 8 heteroatoms. The maximum atomic E-state index is 13.8. The summed E-state index contributed by atoms with van der Waals surface area (Å²) in [5.41, 5.74) is -1.41. The lowest BCUT2D eigenvalue weighted by Gasteiger charge is -2.35. The van der Waals surface area contributed by atoms with Crippen molar-refractivity contribution in [2.45, 2.75) is 31.9 Å². The highest BCUT2D eigenvalue weighted by molar-refractivity contribution is 6.13. The van der Waals surface area contributed by atoms with Crippen molar-refractivity contribution in [2.24, 2.45) is 0 Å². The van der Waals surface area contributed by atoms with Gasteiger partial charge in [0.1, 0.15) is 12.4 Å². The molecule has 1 aliphatic rings. The van der Waals surface area contributed by atoms with Crippen LogP contribution in [0.5, 0.6) is 0 Å². The summed E-state index contributed by atoms with van der Waals surface area (Å²) in [6, 6.07) is 20.0. The molecule has 1 aliphatic heterocycles. The predicted molar refractivity (Wildman–Crippen MR) is 125 cm³/mol. The topological polar surface area (TPSA) is 107 Å². The largest absolute Gasteiger partial charge is 0.459 e. The second-order valence-corrected chi connectivity index (χ2v) is 8.32. The number of hydrogen-bond donors (Lipinski definition) is 1. The van der Waals surface area contributed by atoms with Gasteiger partial charge in [0.05, 0.1) is 10.9 Å². The molecule has 0 saturated carbocycles. The van der Waals surface area contributed by atoms with Crippen LogP contribution < -0.4 is 10.9 Å². The van der Waals surface area contributed by atoms with Crippen LogP contribution in [0.4, 0.5) is 0 Å². The summed E-state index contributed by atoms with van der Waals surface area (Å²) in [6.45, 7) is 1.48. The molecule has 1 atom stereocenters. The van der Waals surface area contributed by atoms with E-state index in [-0.39, 0.29) is 30.7 Å². The third-order valence-corrected chi connectivity index (χ3v) is 6.18. The van der Waals surface area contributed by atoms with Crippen molar-refractivity contribution in [1.82, 2.24) is 14.9 Å². The Labute approximate surface area is 194 Å². The van der Waals surface area contributed by atoms with Gasteiger partial charge in [-0.2, -0.15) is 0 Å². The van der Waals surface area contributed by atoms with E-state index in [2.05, 4.69) is 10.3 Å². The quantitative estimate of drug-likeness (QED) is 0.219. The third kappa shape index (κ3) is 3.44. The first kappa shape index (κ1) is 21.5. The summed E-state index contributed by atoms with van der Waals surface area (Å²) < 4.78 is 6.61. The number of piperidine rings is 1. The van der Waals surface area contributed by atoms with Crippen molar-refractivity contribution >= 4 is 39.5 Å². The summed E-state index contributed by atoms with van der Waals surface area (Å²) in [7, 11) is 0. The van der Waals surface area contributed by atoms with E-state index < -0.39 is 28.9 Å². The zero-order chi connectivity index (χ0) is 23.9. The Balaban J connectivity index is 1.68. The standard InChI is InChI=1S/C26H21N3O5/c1-16-27-21-14-19-10-6-5-9-18(19)13-20(21)23(31)29(16)26(12-11-22(30)28-24(26)32)25(33)34-15-17-7-3-2-4-8-17/h2-10,13-14H,11-12,15H2,1H3,(H,28,30,32). The van der Waals surface area contributed by atoms with Crippen molar-refractivity contribution in [3.8, 4) is 0 Å². The lowest BCUT2D eigenvalue weighted by Crippen LogP contribution is -2.62. The fraction of sp³-hybridized carbons (Fsp3) is 0.192. The average Bonchev–Trinajstić information content (AvgIpc) is 2.83. The van der Waals surface area contributed by atoms with Crippen LogP contribution in [0.15, 0.2) is 71.5 Å². The van der Waals surface area contributed by atoms with Gasteiger partial charge in [0.15, 0.2) is 0 Å². The van der Waals surface area contributed by atoms with Crippen molar-refractivity contribution in [3.63, 3.8) is 0 Å². The molecule has 0 aliphatic carbocycles. The molecule has 5 rings (SSSR count). The Kier molecular flexibility index (Phi) is 5.20. The van der Waals surface area contributed by atoms with Crippen LogP contribution in [-0.4, -0.2) is 27.3 Å². The van der Waals surface area contributed by atoms with E-state index in [1.165, 1.54) is 0 Å². The number of aryl methyl sites for hydroxylation is 1. The minimum atomic E-state index is -2.04. The molecule has 0 radical (unpaired) electrons. The molecule has 1 unspecified atom stereocenters. The van der Waals surface area contributed by atoms with Crippen LogP contribution in [0, 0.1) is 6.92 Å². The number of fused-ring (bicyclic) bond motifs is 2. The summed E-state index contributed by atoms with van der Waals surface area (Å²) in [5, 5.41) is 4.22. The lowest BCUT2D eigenvalue weighted by atomic mass is 9.87. The first-order valence-electron chi connectivity index (χ1n) is 10.9. The maximum absolute atomic E-state index is 13.8. The van der Waals surface area contributed by atoms with Crippen LogP contribution in [0.2, 0.25) is 0 Å². The van der Waals surface area contributed by atoms with E-state index in [9.17, 15) is 19.2 Å². The van der Waals surface area contributed by atoms with Gasteiger partial charge < -0.3 is 4.74 Å². The Bertz CT molecular complexity index is 1530. The van der Waals surface area contributed by atoms with Crippen LogP contribution in [0.25, 0.3) is 21.7 Å². The molecule has 2 heterocycles. The molecular formula is C26H21N3O5. The van der Waals surface area contributed by atoms with Gasteiger partial charge >= 0.3 is 5.97 Å². The van der Waals surface area contributed by atoms with Gasteiger partial charge in [-0.05, 0) is 41.8 Å². The Morgan fingerprint density at radius 3 is 2.41 bits per heavy atom. The molecule has 1 aromatic heterocycles. The summed E-state index contributed by atoms with van der Waals surface area (Å²) in [5.74, 6) is -2.14. The Morgan fingerprint density at radius 2 is 1.71 bits per heavy atom. The van der Waals surface area contributed by atoms with Crippen LogP contribution >= 0.6 is 0 Å². The number of hydrogen-bond acceptors (Lipinski definition) is 6. The second-order valence-electron chi connectivity index (χ2n) is 8.32. The lowest BCUT2D eigenvalue weighted by molar-refractivity contribution is -0.164. The van der Waals surface area contributed by atoms with E-state index in [4.69, 9.17) is 4.74 Å². The zero-order valence-corrected chi connectivity index (χ0v) is 18.4. The summed E-state index contributed by atoms with van der Waals surface area (Å²) in [4.78, 5) is 56.9. The van der Waals surface area contributed by atoms with Gasteiger partial charge in [-0.25, -0.2) is 9.78 Å². The number of ether oxygens (including phenoxy) is 1. The molecule has 3 aromatic carbocycles. The zero-order valence-electron chi connectivity index (χ0n) is 18.4. The molecule has 2 amide bonds. The van der Waals surface area contributed by atoms with Gasteiger partial charge in [0.25, 0.3) is 11.5 Å². The van der Waals surface area contributed by atoms with Gasteiger partial charge in [-0.3, -0.25) is 24.3 Å². The molecule has 1 N–H and O–H groups in total. The fourth-order valence-electron chi connectivity index (χ4n) is 4.48. The number of rotatable bonds is 4. The first-order valence-corrected chi connectivity index (χ1v) is 10.9. The number of carbonyl (C=O) groups excluding carboxylic acids is 3. The fourth-order valence-corrected chi connectivity index (χ4v) is 4.48. The van der Waals surface area contributed by atoms with Gasteiger partial charge in [0, 0.05) is 6.42 Å². The van der Waals surface area contributed by atoms with Crippen LogP contribution in [0.3, 0.4) is 0 Å². The smallest absolute Gasteiger partial charge is 0.342 e. The number of nitrogens with zero attached hydrogens (tertiary/aromatic N) is 2. The molecule has 1 fully saturated rings. The number of nitrogens with one attached hydrogen (secondary N) is 1.